The van der Waals surface area contributed by atoms with Crippen molar-refractivity contribution in [2.75, 3.05) is 42.3 Å². The molecule has 4 rings (SSSR count). The number of amides is 2. The number of urea groups is 1. The van der Waals surface area contributed by atoms with Gasteiger partial charge in [-0.25, -0.2) is 9.18 Å². The molecular formula is C29H31ClFN3O4. The van der Waals surface area contributed by atoms with E-state index in [4.69, 9.17) is 16.3 Å². The van der Waals surface area contributed by atoms with Gasteiger partial charge in [0.15, 0.2) is 0 Å². The fourth-order valence-electron chi connectivity index (χ4n) is 4.86. The number of aliphatic carboxylic acids is 1. The van der Waals surface area contributed by atoms with Gasteiger partial charge in [-0.15, -0.1) is 0 Å². The van der Waals surface area contributed by atoms with Gasteiger partial charge >= 0.3 is 12.0 Å². The van der Waals surface area contributed by atoms with Crippen LogP contribution in [0.25, 0.3) is 0 Å². The Morgan fingerprint density at radius 1 is 1.05 bits per heavy atom. The Morgan fingerprint density at radius 2 is 1.76 bits per heavy atom. The molecular weight excluding hydrogens is 509 g/mol. The number of hydrogen-bond acceptors (Lipinski definition) is 4. The van der Waals surface area contributed by atoms with Crippen LogP contribution in [0.4, 0.5) is 26.2 Å². The van der Waals surface area contributed by atoms with Crippen molar-refractivity contribution >= 4 is 40.7 Å². The molecule has 1 fully saturated rings. The fraction of sp³-hybridized carbons (Fsp3) is 0.310. The number of nitrogens with one attached hydrogen (secondary N) is 2. The number of carboxylic acids is 1. The van der Waals surface area contributed by atoms with Crippen molar-refractivity contribution in [1.29, 1.82) is 0 Å². The number of piperidine rings is 1. The zero-order valence-corrected chi connectivity index (χ0v) is 21.9. The van der Waals surface area contributed by atoms with Crippen LogP contribution >= 0.6 is 11.6 Å². The normalized spacial score (nSPS) is 14.7. The van der Waals surface area contributed by atoms with E-state index in [1.54, 1.807) is 12.1 Å². The molecule has 0 radical (unpaired) electrons. The molecule has 0 spiro atoms. The minimum Gasteiger partial charge on any atom is -0.481 e. The van der Waals surface area contributed by atoms with E-state index in [9.17, 15) is 19.1 Å². The Morgan fingerprint density at radius 3 is 2.42 bits per heavy atom. The van der Waals surface area contributed by atoms with Crippen molar-refractivity contribution in [3.05, 3.63) is 88.7 Å². The summed E-state index contributed by atoms with van der Waals surface area (Å²) in [6.45, 7) is 1.82. The van der Waals surface area contributed by atoms with Gasteiger partial charge in [0, 0.05) is 31.8 Å². The van der Waals surface area contributed by atoms with Crippen LogP contribution in [-0.2, 0) is 9.53 Å². The van der Waals surface area contributed by atoms with Crippen LogP contribution < -0.4 is 15.5 Å². The van der Waals surface area contributed by atoms with Crippen molar-refractivity contribution in [2.24, 2.45) is 0 Å². The quantitative estimate of drug-likeness (QED) is 0.281. The molecule has 3 aromatic carbocycles. The highest BCUT2D eigenvalue weighted by atomic mass is 35.5. The van der Waals surface area contributed by atoms with E-state index in [0.29, 0.717) is 17.2 Å². The van der Waals surface area contributed by atoms with Gasteiger partial charge in [0.05, 0.1) is 23.0 Å². The maximum Gasteiger partial charge on any atom is 0.323 e. The van der Waals surface area contributed by atoms with E-state index in [-0.39, 0.29) is 23.7 Å². The Kier molecular flexibility index (Phi) is 9.20. The lowest BCUT2D eigenvalue weighted by atomic mass is 9.89. The average Bonchev–Trinajstić information content (AvgIpc) is 2.91. The first-order chi connectivity index (χ1) is 18.4. The zero-order valence-electron chi connectivity index (χ0n) is 21.1. The molecule has 3 aromatic rings. The minimum atomic E-state index is -0.975. The summed E-state index contributed by atoms with van der Waals surface area (Å²) in [5, 5.41) is 15.4. The Hall–Kier alpha value is -3.62. The number of methoxy groups -OCH3 is 1. The van der Waals surface area contributed by atoms with Gasteiger partial charge in [0.2, 0.25) is 0 Å². The second-order valence-corrected chi connectivity index (χ2v) is 9.76. The summed E-state index contributed by atoms with van der Waals surface area (Å²) in [5.74, 6) is -1.98. The number of ether oxygens (including phenoxy) is 1. The second-order valence-electron chi connectivity index (χ2n) is 9.32. The maximum atomic E-state index is 14.3. The van der Waals surface area contributed by atoms with Crippen LogP contribution in [0.2, 0.25) is 5.02 Å². The summed E-state index contributed by atoms with van der Waals surface area (Å²) < 4.78 is 19.4. The predicted molar refractivity (Wildman–Crippen MR) is 148 cm³/mol. The van der Waals surface area contributed by atoms with Crippen LogP contribution in [0.3, 0.4) is 0 Å². The first-order valence-electron chi connectivity index (χ1n) is 12.5. The summed E-state index contributed by atoms with van der Waals surface area (Å²) in [6, 6.07) is 19.1. The van der Waals surface area contributed by atoms with Gasteiger partial charge in [-0.05, 0) is 66.6 Å². The van der Waals surface area contributed by atoms with Crippen LogP contribution in [-0.4, -0.2) is 43.9 Å². The van der Waals surface area contributed by atoms with Crippen molar-refractivity contribution in [2.45, 2.75) is 31.1 Å². The number of rotatable bonds is 9. The van der Waals surface area contributed by atoms with Gasteiger partial charge in [-0.2, -0.15) is 0 Å². The Labute approximate surface area is 226 Å². The molecule has 1 heterocycles. The summed E-state index contributed by atoms with van der Waals surface area (Å²) >= 11 is 5.82. The molecule has 1 aliphatic rings. The number of halogens is 2. The first-order valence-corrected chi connectivity index (χ1v) is 12.9. The summed E-state index contributed by atoms with van der Waals surface area (Å²) in [4.78, 5) is 27.1. The van der Waals surface area contributed by atoms with Gasteiger partial charge in [-0.1, -0.05) is 48.0 Å². The maximum absolute atomic E-state index is 14.3. The number of carbonyl (C=O) groups is 2. The molecule has 1 unspecified atom stereocenters. The number of carboxylic acid groups (broad SMARTS) is 1. The molecule has 1 atom stereocenters. The fourth-order valence-corrected chi connectivity index (χ4v) is 5.02. The number of hydrogen-bond donors (Lipinski definition) is 3. The van der Waals surface area contributed by atoms with Crippen LogP contribution in [0.15, 0.2) is 66.7 Å². The van der Waals surface area contributed by atoms with Gasteiger partial charge < -0.3 is 25.4 Å². The smallest absolute Gasteiger partial charge is 0.323 e. The molecule has 2 amide bonds. The monoisotopic (exact) mass is 539 g/mol. The van der Waals surface area contributed by atoms with E-state index in [1.165, 1.54) is 24.8 Å². The highest BCUT2D eigenvalue weighted by Gasteiger charge is 2.25. The summed E-state index contributed by atoms with van der Waals surface area (Å²) in [7, 11) is 1.52. The summed E-state index contributed by atoms with van der Waals surface area (Å²) in [5.41, 5.74) is 3.08. The number of nitrogens with zero attached hydrogens (tertiary/aromatic N) is 1. The highest BCUT2D eigenvalue weighted by molar-refractivity contribution is 6.30. The average molecular weight is 540 g/mol. The minimum absolute atomic E-state index is 0.0169. The van der Waals surface area contributed by atoms with E-state index < -0.39 is 23.7 Å². The molecule has 0 aliphatic carbocycles. The Balaban J connectivity index is 1.58. The second kappa shape index (κ2) is 12.8. The zero-order chi connectivity index (χ0) is 27.1. The Bertz CT molecular complexity index is 1270. The predicted octanol–water partition coefficient (Wildman–Crippen LogP) is 6.71. The molecule has 0 aromatic heterocycles. The van der Waals surface area contributed by atoms with Crippen LogP contribution in [0, 0.1) is 5.82 Å². The third kappa shape index (κ3) is 6.82. The molecule has 1 aliphatic heterocycles. The van der Waals surface area contributed by atoms with Crippen molar-refractivity contribution < 1.29 is 23.8 Å². The number of carbonyl (C=O) groups excluding carboxylic acids is 1. The van der Waals surface area contributed by atoms with Gasteiger partial charge in [0.1, 0.15) is 5.82 Å². The van der Waals surface area contributed by atoms with Crippen molar-refractivity contribution in [3.63, 3.8) is 0 Å². The number of benzene rings is 3. The molecule has 1 saturated heterocycles. The SMILES string of the molecule is COCCC(C(=O)O)c1ccc(N2CCC(c3ccccc3)CC2)c(NC(=O)Nc2ccc(Cl)cc2F)c1. The largest absolute Gasteiger partial charge is 0.481 e. The van der Waals surface area contributed by atoms with Crippen LogP contribution in [0.1, 0.15) is 42.2 Å². The van der Waals surface area contributed by atoms with Gasteiger partial charge in [0.25, 0.3) is 0 Å². The first kappa shape index (κ1) is 27.4. The van der Waals surface area contributed by atoms with Crippen molar-refractivity contribution in [1.82, 2.24) is 0 Å². The summed E-state index contributed by atoms with van der Waals surface area (Å²) in [6.07, 6.45) is 2.17. The molecule has 9 heteroatoms. The van der Waals surface area contributed by atoms with E-state index >= 15 is 0 Å². The van der Waals surface area contributed by atoms with Gasteiger partial charge in [-0.3, -0.25) is 4.79 Å². The molecule has 7 nitrogen and oxygen atoms in total. The molecule has 3 N–H and O–H groups in total. The highest BCUT2D eigenvalue weighted by Crippen LogP contribution is 2.36. The lowest BCUT2D eigenvalue weighted by molar-refractivity contribution is -0.139. The van der Waals surface area contributed by atoms with E-state index in [2.05, 4.69) is 27.7 Å². The third-order valence-corrected chi connectivity index (χ3v) is 7.10. The topological polar surface area (TPSA) is 90.9 Å². The molecule has 38 heavy (non-hydrogen) atoms. The number of anilines is 3. The van der Waals surface area contributed by atoms with E-state index in [1.807, 2.05) is 24.3 Å². The van der Waals surface area contributed by atoms with Crippen LogP contribution in [0.5, 0.6) is 0 Å². The standard InChI is InChI=1S/C29H31ClFN3O4/c1-38-16-13-23(28(35)36)21-7-10-27(34-14-11-20(12-15-34)19-5-3-2-4-6-19)26(17-21)33-29(37)32-25-9-8-22(30)18-24(25)31/h2-10,17-18,20,23H,11-16H2,1H3,(H,35,36)(H2,32,33,37). The molecule has 200 valence electrons. The van der Waals surface area contributed by atoms with Crippen molar-refractivity contribution in [3.8, 4) is 0 Å². The molecule has 0 saturated carbocycles. The lowest BCUT2D eigenvalue weighted by Crippen LogP contribution is -2.34. The third-order valence-electron chi connectivity index (χ3n) is 6.87. The molecule has 0 bridgehead atoms. The lowest BCUT2D eigenvalue weighted by Gasteiger charge is -2.35. The van der Waals surface area contributed by atoms with E-state index in [0.717, 1.165) is 37.7 Å².